The molecule has 62 valence electrons. The Balaban J connectivity index is 3.04. The van der Waals surface area contributed by atoms with Gasteiger partial charge in [0.25, 0.3) is 0 Å². The molecule has 5 heteroatoms. The third kappa shape index (κ3) is 10.7. The van der Waals surface area contributed by atoms with E-state index in [1.807, 2.05) is 0 Å². The molecule has 0 bridgehead atoms. The molecule has 10 heavy (non-hydrogen) atoms. The summed E-state index contributed by atoms with van der Waals surface area (Å²) in [7, 11) is 0. The molecular formula is C5H10Br4Sn. The van der Waals surface area contributed by atoms with Gasteiger partial charge in [-0.1, -0.05) is 0 Å². The van der Waals surface area contributed by atoms with E-state index in [0.29, 0.717) is 0 Å². The fourth-order valence-electron chi connectivity index (χ4n) is 0.597. The van der Waals surface area contributed by atoms with Gasteiger partial charge in [-0.25, -0.2) is 0 Å². The van der Waals surface area contributed by atoms with E-state index in [9.17, 15) is 0 Å². The van der Waals surface area contributed by atoms with E-state index in [1.165, 1.54) is 23.7 Å². The van der Waals surface area contributed by atoms with E-state index < -0.39 is 11.7 Å². The molecular weight excluding hydrogens is 498 g/mol. The van der Waals surface area contributed by atoms with Crippen LogP contribution in [0.4, 0.5) is 0 Å². The first-order valence-electron chi connectivity index (χ1n) is 3.19. The van der Waals surface area contributed by atoms with Crippen LogP contribution in [0.5, 0.6) is 0 Å². The van der Waals surface area contributed by atoms with E-state index in [0.717, 1.165) is 5.33 Å². The summed E-state index contributed by atoms with van der Waals surface area (Å²) in [5.41, 5.74) is 0. The summed E-state index contributed by atoms with van der Waals surface area (Å²) in [6, 6.07) is 0. The van der Waals surface area contributed by atoms with Gasteiger partial charge >= 0.3 is 94.8 Å². The summed E-state index contributed by atoms with van der Waals surface area (Å²) in [5.74, 6) is 0. The predicted molar refractivity (Wildman–Crippen MR) is 65.0 cm³/mol. The Morgan fingerprint density at radius 1 is 0.900 bits per heavy atom. The van der Waals surface area contributed by atoms with Gasteiger partial charge in [-0.3, -0.25) is 0 Å². The molecule has 0 fully saturated rings. The van der Waals surface area contributed by atoms with E-state index in [-0.39, 0.29) is 0 Å². The normalized spacial score (nSPS) is 12.0. The number of rotatable bonds is 5. The third-order valence-corrected chi connectivity index (χ3v) is 12.3. The second-order valence-electron chi connectivity index (χ2n) is 2.11. The summed E-state index contributed by atoms with van der Waals surface area (Å²) in [6.07, 6.45) is 3.98. The predicted octanol–water partition coefficient (Wildman–Crippen LogP) is 4.68. The fraction of sp³-hybridized carbons (Fsp3) is 1.00. The molecule has 0 radical (unpaired) electrons. The number of unbranched alkanes of at least 4 members (excludes halogenated alkanes) is 2. The van der Waals surface area contributed by atoms with Crippen LogP contribution >= 0.6 is 54.0 Å². The Morgan fingerprint density at radius 2 is 1.50 bits per heavy atom. The molecule has 0 amide bonds. The zero-order valence-corrected chi connectivity index (χ0v) is 14.7. The first kappa shape index (κ1) is 12.7. The van der Waals surface area contributed by atoms with E-state index >= 15 is 0 Å². The molecule has 0 aromatic carbocycles. The van der Waals surface area contributed by atoms with Crippen LogP contribution in [-0.4, -0.2) is 17.0 Å². The number of alkyl halides is 1. The Kier molecular flexibility index (Phi) is 9.10. The molecule has 0 saturated heterocycles. The van der Waals surface area contributed by atoms with Crippen molar-refractivity contribution in [3.63, 3.8) is 0 Å². The summed E-state index contributed by atoms with van der Waals surface area (Å²) in [6.45, 7) is 0. The first-order chi connectivity index (χ1) is 4.56. The van der Waals surface area contributed by atoms with Crippen molar-refractivity contribution in [1.82, 2.24) is 0 Å². The van der Waals surface area contributed by atoms with Crippen LogP contribution in [0, 0.1) is 0 Å². The number of hydrogen-bond donors (Lipinski definition) is 0. The molecule has 0 nitrogen and oxygen atoms in total. The van der Waals surface area contributed by atoms with E-state index in [4.69, 9.17) is 0 Å². The third-order valence-electron chi connectivity index (χ3n) is 1.09. The van der Waals surface area contributed by atoms with Crippen LogP contribution < -0.4 is 0 Å². The number of hydrogen-bond acceptors (Lipinski definition) is 0. The van der Waals surface area contributed by atoms with Crippen molar-refractivity contribution < 1.29 is 0 Å². The van der Waals surface area contributed by atoms with Gasteiger partial charge in [-0.15, -0.1) is 0 Å². The van der Waals surface area contributed by atoms with Gasteiger partial charge in [0.1, 0.15) is 0 Å². The zero-order valence-electron chi connectivity index (χ0n) is 5.55. The second-order valence-corrected chi connectivity index (χ2v) is 56.5. The van der Waals surface area contributed by atoms with Crippen LogP contribution in [0.3, 0.4) is 0 Å². The Bertz CT molecular complexity index is 80.2. The maximum absolute atomic E-state index is 3.66. The quantitative estimate of drug-likeness (QED) is 0.288. The molecule has 0 heterocycles. The zero-order chi connectivity index (χ0) is 8.04. The van der Waals surface area contributed by atoms with Gasteiger partial charge in [0.15, 0.2) is 0 Å². The molecule has 0 aromatic rings. The summed E-state index contributed by atoms with van der Waals surface area (Å²) in [4.78, 5) is 0. The van der Waals surface area contributed by atoms with Crippen molar-refractivity contribution >= 4 is 65.8 Å². The molecule has 0 N–H and O–H groups in total. The van der Waals surface area contributed by atoms with Crippen molar-refractivity contribution in [2.45, 2.75) is 23.7 Å². The van der Waals surface area contributed by atoms with Gasteiger partial charge in [0, 0.05) is 0 Å². The topological polar surface area (TPSA) is 0 Å². The van der Waals surface area contributed by atoms with Crippen molar-refractivity contribution in [1.29, 1.82) is 0 Å². The molecule has 0 aliphatic carbocycles. The number of halogens is 4. The van der Waals surface area contributed by atoms with Crippen molar-refractivity contribution in [3.05, 3.63) is 0 Å². The molecule has 0 atom stereocenters. The Hall–Kier alpha value is 2.72. The van der Waals surface area contributed by atoms with Crippen molar-refractivity contribution in [2.24, 2.45) is 0 Å². The van der Waals surface area contributed by atoms with Crippen molar-refractivity contribution in [3.8, 4) is 0 Å². The average molecular weight is 508 g/mol. The summed E-state index contributed by atoms with van der Waals surface area (Å²) in [5, 5.41) is 1.14. The van der Waals surface area contributed by atoms with Crippen molar-refractivity contribution in [2.75, 3.05) is 5.33 Å². The van der Waals surface area contributed by atoms with Gasteiger partial charge in [0.05, 0.1) is 0 Å². The average Bonchev–Trinajstić information content (AvgIpc) is 1.78. The second kappa shape index (κ2) is 7.15. The molecule has 0 rings (SSSR count). The molecule has 0 saturated carbocycles. The SMILES string of the molecule is BrCCCC[CH2][Sn]([Br])([Br])[Br]. The minimum absolute atomic E-state index is 1.14. The molecule has 0 aliphatic heterocycles. The maximum atomic E-state index is 3.66. The van der Waals surface area contributed by atoms with Crippen LogP contribution in [0.2, 0.25) is 4.44 Å². The summed E-state index contributed by atoms with van der Waals surface area (Å²) < 4.78 is 1.32. The Morgan fingerprint density at radius 3 is 1.90 bits per heavy atom. The van der Waals surface area contributed by atoms with Gasteiger partial charge in [0.2, 0.25) is 0 Å². The molecule has 0 aliphatic rings. The Labute approximate surface area is 93.2 Å². The minimum atomic E-state index is -1.93. The molecule has 0 unspecified atom stereocenters. The fourth-order valence-corrected chi connectivity index (χ4v) is 8.49. The van der Waals surface area contributed by atoms with E-state index in [2.05, 4.69) is 54.0 Å². The van der Waals surface area contributed by atoms with Crippen LogP contribution in [0.25, 0.3) is 0 Å². The van der Waals surface area contributed by atoms with Gasteiger partial charge in [-0.2, -0.15) is 0 Å². The van der Waals surface area contributed by atoms with E-state index in [1.54, 1.807) is 0 Å². The standard InChI is InChI=1S/C5H10Br.3BrH.Sn/c1-2-3-4-5-6;;;;/h1-5H2;3*1H;/q;;;;+3/p-3. The molecule has 0 aromatic heterocycles. The van der Waals surface area contributed by atoms with Crippen LogP contribution in [0.1, 0.15) is 19.3 Å². The van der Waals surface area contributed by atoms with Gasteiger partial charge in [-0.05, 0) is 0 Å². The summed E-state index contributed by atoms with van der Waals surface area (Å²) >= 11 is 12.5. The first-order valence-corrected chi connectivity index (χ1v) is 25.5. The molecule has 0 spiro atoms. The monoisotopic (exact) mass is 506 g/mol. The van der Waals surface area contributed by atoms with Crippen LogP contribution in [0.15, 0.2) is 0 Å². The van der Waals surface area contributed by atoms with Gasteiger partial charge < -0.3 is 0 Å². The van der Waals surface area contributed by atoms with Crippen LogP contribution in [-0.2, 0) is 0 Å².